The molecule has 1 aliphatic rings. The van der Waals surface area contributed by atoms with E-state index in [1.807, 2.05) is 32.9 Å². The summed E-state index contributed by atoms with van der Waals surface area (Å²) in [6.07, 6.45) is 0.0290. The number of anilines is 1. The Morgan fingerprint density at radius 1 is 1.12 bits per heavy atom. The SMILES string of the molecule is CCC(C)OC(=O)c1c(NC(=O)c2cnn3c(C(F)(F)F)cc(-c4ccc(C(C)C)cc4)nc23)sc2c1CCCC2. The van der Waals surface area contributed by atoms with Crippen molar-refractivity contribution in [1.29, 1.82) is 0 Å². The molecule has 7 nitrogen and oxygen atoms in total. The molecule has 1 aliphatic carbocycles. The zero-order valence-corrected chi connectivity index (χ0v) is 24.1. The molecule has 1 atom stereocenters. The Hall–Kier alpha value is -3.73. The molecule has 1 aromatic carbocycles. The molecule has 1 unspecified atom stereocenters. The summed E-state index contributed by atoms with van der Waals surface area (Å²) in [6, 6.07) is 8.07. The zero-order chi connectivity index (χ0) is 29.5. The summed E-state index contributed by atoms with van der Waals surface area (Å²) in [5, 5.41) is 6.98. The number of nitrogens with one attached hydrogen (secondary N) is 1. The van der Waals surface area contributed by atoms with Crippen LogP contribution in [0.4, 0.5) is 18.2 Å². The van der Waals surface area contributed by atoms with E-state index in [1.54, 1.807) is 19.1 Å². The van der Waals surface area contributed by atoms with Crippen molar-refractivity contribution in [1.82, 2.24) is 14.6 Å². The molecule has 11 heteroatoms. The van der Waals surface area contributed by atoms with Crippen LogP contribution < -0.4 is 5.32 Å². The fourth-order valence-corrected chi connectivity index (χ4v) is 6.15. The fraction of sp³-hybridized carbons (Fsp3) is 0.400. The van der Waals surface area contributed by atoms with Gasteiger partial charge in [-0.25, -0.2) is 14.3 Å². The number of carbonyl (C=O) groups is 2. The Morgan fingerprint density at radius 3 is 2.49 bits per heavy atom. The average molecular weight is 585 g/mol. The van der Waals surface area contributed by atoms with Gasteiger partial charge in [-0.2, -0.15) is 18.3 Å². The van der Waals surface area contributed by atoms with Crippen LogP contribution in [0.5, 0.6) is 0 Å². The minimum absolute atomic E-state index is 0.0686. The van der Waals surface area contributed by atoms with Crippen molar-refractivity contribution >= 4 is 33.9 Å². The molecular weight excluding hydrogens is 553 g/mol. The van der Waals surface area contributed by atoms with Crippen LogP contribution in [0.2, 0.25) is 0 Å². The first-order valence-electron chi connectivity index (χ1n) is 13.7. The van der Waals surface area contributed by atoms with Crippen molar-refractivity contribution in [2.75, 3.05) is 5.32 Å². The minimum atomic E-state index is -4.74. The normalized spacial score (nSPS) is 14.2. The number of thiophene rings is 1. The van der Waals surface area contributed by atoms with E-state index in [0.717, 1.165) is 47.5 Å². The molecule has 0 spiro atoms. The fourth-order valence-electron chi connectivity index (χ4n) is 4.88. The predicted octanol–water partition coefficient (Wildman–Crippen LogP) is 7.69. The first-order valence-corrected chi connectivity index (χ1v) is 14.5. The van der Waals surface area contributed by atoms with E-state index in [0.29, 0.717) is 33.5 Å². The van der Waals surface area contributed by atoms with Gasteiger partial charge in [-0.05, 0) is 62.1 Å². The van der Waals surface area contributed by atoms with E-state index >= 15 is 0 Å². The molecule has 1 N–H and O–H groups in total. The van der Waals surface area contributed by atoms with Crippen LogP contribution in [0, 0.1) is 0 Å². The van der Waals surface area contributed by atoms with Gasteiger partial charge in [0.1, 0.15) is 10.6 Å². The number of ether oxygens (including phenoxy) is 1. The summed E-state index contributed by atoms with van der Waals surface area (Å²) in [6.45, 7) is 7.76. The lowest BCUT2D eigenvalue weighted by Gasteiger charge is -2.15. The number of rotatable bonds is 7. The smallest absolute Gasteiger partial charge is 0.433 e. The summed E-state index contributed by atoms with van der Waals surface area (Å²) < 4.78 is 48.6. The number of amides is 1. The Balaban J connectivity index is 1.56. The van der Waals surface area contributed by atoms with Crippen molar-refractivity contribution in [3.05, 3.63) is 69.4 Å². The van der Waals surface area contributed by atoms with Crippen LogP contribution in [0.15, 0.2) is 36.5 Å². The number of alkyl halides is 3. The van der Waals surface area contributed by atoms with Gasteiger partial charge in [0.25, 0.3) is 5.91 Å². The third-order valence-corrected chi connectivity index (χ3v) is 8.57. The highest BCUT2D eigenvalue weighted by Crippen LogP contribution is 2.39. The van der Waals surface area contributed by atoms with Gasteiger partial charge in [0.05, 0.1) is 23.6 Å². The standard InChI is InChI=1S/C30H31F3N4O3S/c1-5-17(4)40-29(39)25-20-8-6-7-9-23(20)41-28(25)36-27(38)21-15-34-37-24(30(31,32)33)14-22(35-26(21)37)19-12-10-18(11-13-19)16(2)3/h10-17H,5-9H2,1-4H3,(H,36,38). The lowest BCUT2D eigenvalue weighted by Crippen LogP contribution is -2.19. The topological polar surface area (TPSA) is 85.6 Å². The number of hydrogen-bond acceptors (Lipinski definition) is 6. The van der Waals surface area contributed by atoms with Gasteiger partial charge in [-0.15, -0.1) is 11.3 Å². The monoisotopic (exact) mass is 584 g/mol. The molecule has 3 aromatic heterocycles. The van der Waals surface area contributed by atoms with Gasteiger partial charge >= 0.3 is 12.1 Å². The zero-order valence-electron chi connectivity index (χ0n) is 23.3. The van der Waals surface area contributed by atoms with Crippen LogP contribution in [0.3, 0.4) is 0 Å². The maximum atomic E-state index is 14.1. The van der Waals surface area contributed by atoms with Crippen molar-refractivity contribution in [3.8, 4) is 11.3 Å². The largest absolute Gasteiger partial charge is 0.459 e. The van der Waals surface area contributed by atoms with E-state index < -0.39 is 23.7 Å². The molecule has 4 aromatic rings. The van der Waals surface area contributed by atoms with Crippen molar-refractivity contribution in [3.63, 3.8) is 0 Å². The van der Waals surface area contributed by atoms with Crippen molar-refractivity contribution in [2.45, 2.75) is 78.0 Å². The van der Waals surface area contributed by atoms with Gasteiger partial charge in [-0.1, -0.05) is 45.0 Å². The van der Waals surface area contributed by atoms with Gasteiger partial charge in [-0.3, -0.25) is 4.79 Å². The molecule has 0 bridgehead atoms. The molecular formula is C30H31F3N4O3S. The summed E-state index contributed by atoms with van der Waals surface area (Å²) in [5.74, 6) is -0.965. The van der Waals surface area contributed by atoms with Crippen molar-refractivity contribution < 1.29 is 27.5 Å². The van der Waals surface area contributed by atoms with Crippen LogP contribution >= 0.6 is 11.3 Å². The lowest BCUT2D eigenvalue weighted by molar-refractivity contribution is -0.142. The molecule has 216 valence electrons. The Labute approximate surface area is 239 Å². The number of benzene rings is 1. The van der Waals surface area contributed by atoms with Gasteiger partial charge in [0.2, 0.25) is 0 Å². The van der Waals surface area contributed by atoms with Crippen LogP contribution in [0.1, 0.15) is 95.3 Å². The maximum Gasteiger partial charge on any atom is 0.433 e. The molecule has 0 aliphatic heterocycles. The first-order chi connectivity index (χ1) is 19.5. The Morgan fingerprint density at radius 2 is 1.83 bits per heavy atom. The minimum Gasteiger partial charge on any atom is -0.459 e. The highest BCUT2D eigenvalue weighted by atomic mass is 32.1. The van der Waals surface area contributed by atoms with Gasteiger partial charge in [0, 0.05) is 10.4 Å². The summed E-state index contributed by atoms with van der Waals surface area (Å²) in [4.78, 5) is 32.2. The summed E-state index contributed by atoms with van der Waals surface area (Å²) in [5.41, 5.74) is 1.37. The molecule has 0 radical (unpaired) electrons. The second-order valence-corrected chi connectivity index (χ2v) is 11.7. The van der Waals surface area contributed by atoms with E-state index in [-0.39, 0.29) is 28.9 Å². The highest BCUT2D eigenvalue weighted by molar-refractivity contribution is 7.17. The summed E-state index contributed by atoms with van der Waals surface area (Å²) in [7, 11) is 0. The lowest BCUT2D eigenvalue weighted by atomic mass is 9.95. The molecule has 41 heavy (non-hydrogen) atoms. The molecule has 5 rings (SSSR count). The second kappa shape index (κ2) is 11.3. The first kappa shape index (κ1) is 28.8. The maximum absolute atomic E-state index is 14.1. The highest BCUT2D eigenvalue weighted by Gasteiger charge is 2.36. The number of hydrogen-bond donors (Lipinski definition) is 1. The number of nitrogens with zero attached hydrogens (tertiary/aromatic N) is 3. The molecule has 1 amide bonds. The predicted molar refractivity (Wildman–Crippen MR) is 152 cm³/mol. The van der Waals surface area contributed by atoms with E-state index in [9.17, 15) is 22.8 Å². The van der Waals surface area contributed by atoms with Crippen LogP contribution in [-0.2, 0) is 23.8 Å². The van der Waals surface area contributed by atoms with Crippen LogP contribution in [-0.4, -0.2) is 32.6 Å². The average Bonchev–Trinajstić information content (AvgIpc) is 3.53. The van der Waals surface area contributed by atoms with E-state index in [1.165, 1.54) is 11.3 Å². The molecule has 3 heterocycles. The quantitative estimate of drug-likeness (QED) is 0.225. The van der Waals surface area contributed by atoms with Gasteiger partial charge < -0.3 is 10.1 Å². The molecule has 0 saturated heterocycles. The Kier molecular flexibility index (Phi) is 7.91. The number of aryl methyl sites for hydroxylation is 1. The van der Waals surface area contributed by atoms with Crippen LogP contribution in [0.25, 0.3) is 16.9 Å². The third-order valence-electron chi connectivity index (χ3n) is 7.37. The number of aromatic nitrogens is 3. The number of carbonyl (C=O) groups excluding carboxylic acids is 2. The third kappa shape index (κ3) is 5.72. The van der Waals surface area contributed by atoms with Gasteiger partial charge in [0.15, 0.2) is 11.3 Å². The second-order valence-electron chi connectivity index (χ2n) is 10.6. The number of halogens is 3. The molecule has 0 saturated carbocycles. The van der Waals surface area contributed by atoms with Crippen molar-refractivity contribution in [2.24, 2.45) is 0 Å². The molecule has 0 fully saturated rings. The number of esters is 1. The Bertz CT molecular complexity index is 1610. The summed E-state index contributed by atoms with van der Waals surface area (Å²) >= 11 is 1.31. The van der Waals surface area contributed by atoms with E-state index in [2.05, 4.69) is 15.4 Å². The number of fused-ring (bicyclic) bond motifs is 2. The van der Waals surface area contributed by atoms with E-state index in [4.69, 9.17) is 4.74 Å².